The summed E-state index contributed by atoms with van der Waals surface area (Å²) in [4.78, 5) is 20.7. The van der Waals surface area contributed by atoms with E-state index in [0.717, 1.165) is 67.8 Å². The Labute approximate surface area is 207 Å². The number of nitrogens with zero attached hydrogens (tertiary/aromatic N) is 3. The first-order valence-corrected chi connectivity index (χ1v) is 12.7. The van der Waals surface area contributed by atoms with Crippen LogP contribution >= 0.6 is 11.3 Å². The van der Waals surface area contributed by atoms with Crippen molar-refractivity contribution >= 4 is 32.7 Å². The molecule has 4 rings (SSSR count). The molecule has 1 aromatic heterocycles. The minimum absolute atomic E-state index is 0.291. The third kappa shape index (κ3) is 6.32. The second kappa shape index (κ2) is 10.5. The number of benzene rings is 2. The summed E-state index contributed by atoms with van der Waals surface area (Å²) in [6.07, 6.45) is -1.15. The van der Waals surface area contributed by atoms with Gasteiger partial charge >= 0.3 is 12.1 Å². The smallest absolute Gasteiger partial charge is 0.416 e. The Balaban J connectivity index is 1.52. The summed E-state index contributed by atoms with van der Waals surface area (Å²) in [7, 11) is 0. The number of carbonyl (C=O) groups excluding carboxylic acids is 1. The highest BCUT2D eigenvalue weighted by molar-refractivity contribution is 7.22. The van der Waals surface area contributed by atoms with Crippen molar-refractivity contribution in [3.63, 3.8) is 0 Å². The third-order valence-electron chi connectivity index (χ3n) is 6.23. The van der Waals surface area contributed by atoms with Gasteiger partial charge in [0, 0.05) is 39.1 Å². The van der Waals surface area contributed by atoms with Gasteiger partial charge in [-0.1, -0.05) is 37.2 Å². The van der Waals surface area contributed by atoms with Crippen LogP contribution in [0.4, 0.5) is 18.3 Å². The van der Waals surface area contributed by atoms with Gasteiger partial charge < -0.3 is 9.64 Å². The molecule has 1 aliphatic heterocycles. The Morgan fingerprint density at radius 1 is 1.20 bits per heavy atom. The van der Waals surface area contributed by atoms with E-state index in [1.54, 1.807) is 0 Å². The van der Waals surface area contributed by atoms with Gasteiger partial charge in [0.15, 0.2) is 5.13 Å². The van der Waals surface area contributed by atoms with Crippen molar-refractivity contribution in [3.8, 4) is 5.75 Å². The number of fused-ring (bicyclic) bond motifs is 1. The number of unbranched alkanes of at least 4 members (excludes halogenated alkanes) is 1. The lowest BCUT2D eigenvalue weighted by atomic mass is 10.0. The summed E-state index contributed by atoms with van der Waals surface area (Å²) in [6, 6.07) is 9.93. The molecule has 1 aliphatic rings. The number of hydrogen-bond donors (Lipinski definition) is 0. The number of anilines is 1. The normalized spacial score (nSPS) is 17.2. The van der Waals surface area contributed by atoms with Gasteiger partial charge in [0.2, 0.25) is 0 Å². The number of rotatable bonds is 7. The third-order valence-corrected chi connectivity index (χ3v) is 7.31. The number of piperazine rings is 1. The molecule has 1 atom stereocenters. The van der Waals surface area contributed by atoms with Gasteiger partial charge in [-0.2, -0.15) is 13.2 Å². The van der Waals surface area contributed by atoms with E-state index in [2.05, 4.69) is 27.8 Å². The first-order chi connectivity index (χ1) is 16.6. The summed E-state index contributed by atoms with van der Waals surface area (Å²) >= 11 is 1.32. The van der Waals surface area contributed by atoms with Crippen LogP contribution in [0, 0.1) is 6.92 Å². The van der Waals surface area contributed by atoms with Crippen molar-refractivity contribution in [3.05, 3.63) is 53.1 Å². The second-order valence-electron chi connectivity index (χ2n) is 9.14. The summed E-state index contributed by atoms with van der Waals surface area (Å²) in [5, 5.41) is 0.771. The Hall–Kier alpha value is -2.65. The molecule has 0 amide bonds. The highest BCUT2D eigenvalue weighted by atomic mass is 32.1. The predicted octanol–water partition coefficient (Wildman–Crippen LogP) is 6.43. The number of thiazole rings is 1. The van der Waals surface area contributed by atoms with E-state index in [4.69, 9.17) is 4.74 Å². The number of carbonyl (C=O) groups is 1. The number of ether oxygens (including phenoxy) is 1. The molecule has 0 unspecified atom stereocenters. The van der Waals surface area contributed by atoms with Crippen molar-refractivity contribution in [1.82, 2.24) is 9.88 Å². The number of aryl methyl sites for hydroxylation is 1. The molecular formula is C26H30F3N3O2S. The van der Waals surface area contributed by atoms with Gasteiger partial charge in [-0.15, -0.1) is 0 Å². The van der Waals surface area contributed by atoms with E-state index < -0.39 is 11.7 Å². The topological polar surface area (TPSA) is 45.7 Å². The Morgan fingerprint density at radius 3 is 2.71 bits per heavy atom. The minimum Gasteiger partial charge on any atom is -0.427 e. The molecule has 1 fully saturated rings. The molecule has 0 spiro atoms. The molecule has 2 aromatic carbocycles. The van der Waals surface area contributed by atoms with Crippen LogP contribution in [0.2, 0.25) is 0 Å². The maximum atomic E-state index is 13.1. The van der Waals surface area contributed by atoms with Crippen molar-refractivity contribution in [2.24, 2.45) is 0 Å². The first kappa shape index (κ1) is 25.4. The lowest BCUT2D eigenvalue weighted by molar-refractivity contribution is -0.137. The summed E-state index contributed by atoms with van der Waals surface area (Å²) in [5.74, 6) is 0.220. The van der Waals surface area contributed by atoms with Crippen LogP contribution in [0.25, 0.3) is 10.2 Å². The number of alkyl halides is 3. The molecule has 35 heavy (non-hydrogen) atoms. The molecule has 188 valence electrons. The van der Waals surface area contributed by atoms with Gasteiger partial charge in [0.1, 0.15) is 5.75 Å². The molecule has 5 nitrogen and oxygen atoms in total. The van der Waals surface area contributed by atoms with Crippen molar-refractivity contribution < 1.29 is 22.7 Å². The van der Waals surface area contributed by atoms with Crippen LogP contribution < -0.4 is 9.64 Å². The fraction of sp³-hybridized carbons (Fsp3) is 0.462. The van der Waals surface area contributed by atoms with E-state index in [1.807, 2.05) is 19.1 Å². The van der Waals surface area contributed by atoms with Gasteiger partial charge in [0.25, 0.3) is 0 Å². The van der Waals surface area contributed by atoms with Gasteiger partial charge in [-0.25, -0.2) is 4.98 Å². The Morgan fingerprint density at radius 2 is 2.00 bits per heavy atom. The minimum atomic E-state index is -4.36. The van der Waals surface area contributed by atoms with Gasteiger partial charge in [0.05, 0.1) is 15.8 Å². The van der Waals surface area contributed by atoms with Crippen LogP contribution in [0.5, 0.6) is 5.75 Å². The van der Waals surface area contributed by atoms with Crippen LogP contribution in [-0.2, 0) is 17.5 Å². The maximum Gasteiger partial charge on any atom is 0.416 e. The quantitative estimate of drug-likeness (QED) is 0.274. The molecule has 0 radical (unpaired) electrons. The van der Waals surface area contributed by atoms with E-state index in [9.17, 15) is 18.0 Å². The average molecular weight is 506 g/mol. The monoisotopic (exact) mass is 505 g/mol. The van der Waals surface area contributed by atoms with Crippen LogP contribution in [0.15, 0.2) is 36.4 Å². The average Bonchev–Trinajstić information content (AvgIpc) is 3.20. The number of esters is 1. The molecule has 3 aromatic rings. The lowest BCUT2D eigenvalue weighted by Gasteiger charge is -2.41. The molecule has 9 heteroatoms. The van der Waals surface area contributed by atoms with Crippen molar-refractivity contribution in [2.45, 2.75) is 58.8 Å². The maximum absolute atomic E-state index is 13.1. The van der Waals surface area contributed by atoms with Crippen molar-refractivity contribution in [2.75, 3.05) is 24.5 Å². The zero-order chi connectivity index (χ0) is 25.2. The van der Waals surface area contributed by atoms with Crippen LogP contribution in [0.1, 0.15) is 49.8 Å². The first-order valence-electron chi connectivity index (χ1n) is 11.9. The Kier molecular flexibility index (Phi) is 7.66. The molecular weight excluding hydrogens is 475 g/mol. The molecule has 0 aliphatic carbocycles. The summed E-state index contributed by atoms with van der Waals surface area (Å²) < 4.78 is 45.2. The fourth-order valence-electron chi connectivity index (χ4n) is 4.59. The number of hydrogen-bond acceptors (Lipinski definition) is 6. The molecule has 2 heterocycles. The van der Waals surface area contributed by atoms with E-state index in [0.29, 0.717) is 22.0 Å². The zero-order valence-electron chi connectivity index (χ0n) is 20.2. The van der Waals surface area contributed by atoms with E-state index in [-0.39, 0.29) is 5.97 Å². The largest absolute Gasteiger partial charge is 0.427 e. The second-order valence-corrected chi connectivity index (χ2v) is 10.1. The molecule has 0 saturated carbocycles. The Bertz CT molecular complexity index is 1190. The van der Waals surface area contributed by atoms with Gasteiger partial charge in [-0.05, 0) is 54.8 Å². The summed E-state index contributed by atoms with van der Waals surface area (Å²) in [6.45, 7) is 8.63. The number of halogens is 3. The molecule has 1 saturated heterocycles. The SMILES string of the molecule is CCCC[C@@H]1CN(c2nc3ccc(C(F)(F)F)cc3s2)CCN1Cc1cc(C)cc(OC(C)=O)c1. The number of aromatic nitrogens is 1. The zero-order valence-corrected chi connectivity index (χ0v) is 21.0. The van der Waals surface area contributed by atoms with Crippen molar-refractivity contribution in [1.29, 1.82) is 0 Å². The fourth-order valence-corrected chi connectivity index (χ4v) is 5.63. The van der Waals surface area contributed by atoms with E-state index >= 15 is 0 Å². The van der Waals surface area contributed by atoms with E-state index in [1.165, 1.54) is 30.4 Å². The molecule has 0 N–H and O–H groups in total. The standard InChI is InChI=1S/C26H30F3N3O2S/c1-4-5-6-21-16-32(25-30-23-8-7-20(26(27,28)29)14-24(23)35-25)10-9-31(21)15-19-11-17(2)12-22(13-19)34-18(3)33/h7-8,11-14,21H,4-6,9-10,15-16H2,1-3H3/t21-/m1/s1. The van der Waals surface area contributed by atoms with Crippen LogP contribution in [0.3, 0.4) is 0 Å². The van der Waals surface area contributed by atoms with Gasteiger partial charge in [-0.3, -0.25) is 9.69 Å². The van der Waals surface area contributed by atoms with Crippen LogP contribution in [-0.4, -0.2) is 41.5 Å². The highest BCUT2D eigenvalue weighted by Gasteiger charge is 2.32. The molecule has 0 bridgehead atoms. The lowest BCUT2D eigenvalue weighted by Crippen LogP contribution is -2.52. The predicted molar refractivity (Wildman–Crippen MR) is 133 cm³/mol. The summed E-state index contributed by atoms with van der Waals surface area (Å²) in [5.41, 5.74) is 2.09. The highest BCUT2D eigenvalue weighted by Crippen LogP contribution is 2.36.